The topological polar surface area (TPSA) is 48.4 Å². The Morgan fingerprint density at radius 3 is 3.00 bits per heavy atom. The molecule has 2 rings (SSSR count). The van der Waals surface area contributed by atoms with Gasteiger partial charge in [0.15, 0.2) is 0 Å². The molecule has 1 atom stereocenters. The number of aliphatic imine (C=N–C) groups is 1. The van der Waals surface area contributed by atoms with E-state index in [1.54, 1.807) is 0 Å². The molecule has 4 heteroatoms. The molecule has 0 radical (unpaired) electrons. The summed E-state index contributed by atoms with van der Waals surface area (Å²) in [6.45, 7) is 8.53. The van der Waals surface area contributed by atoms with Crippen LogP contribution in [0.1, 0.15) is 33.6 Å². The van der Waals surface area contributed by atoms with Crippen molar-refractivity contribution in [2.24, 2.45) is 4.99 Å². The van der Waals surface area contributed by atoms with Crippen molar-refractivity contribution in [2.45, 2.75) is 45.7 Å². The monoisotopic (exact) mass is 248 g/mol. The third-order valence-corrected chi connectivity index (χ3v) is 3.23. The molecule has 0 bridgehead atoms. The van der Waals surface area contributed by atoms with Crippen LogP contribution in [0.3, 0.4) is 0 Å². The lowest BCUT2D eigenvalue weighted by Crippen LogP contribution is -2.42. The van der Waals surface area contributed by atoms with Crippen molar-refractivity contribution in [2.75, 3.05) is 13.1 Å². The molecule has 1 saturated heterocycles. The minimum Gasteiger partial charge on any atom is -0.384 e. The highest BCUT2D eigenvalue weighted by Crippen LogP contribution is 2.13. The van der Waals surface area contributed by atoms with Crippen LogP contribution in [-0.4, -0.2) is 31.0 Å². The minimum absolute atomic E-state index is 0.312. The quantitative estimate of drug-likeness (QED) is 0.710. The lowest BCUT2D eigenvalue weighted by molar-refractivity contribution is 0.414. The Morgan fingerprint density at radius 2 is 2.33 bits per heavy atom. The van der Waals surface area contributed by atoms with E-state index in [-0.39, 0.29) is 0 Å². The van der Waals surface area contributed by atoms with E-state index >= 15 is 0 Å². The lowest BCUT2D eigenvalue weighted by Gasteiger charge is -2.25. The SMILES string of the molecule is C/C(N[C@@H]1CCCNC1)=C1/C=CN/C1=N/C(C)C. The van der Waals surface area contributed by atoms with Gasteiger partial charge in [-0.1, -0.05) is 0 Å². The summed E-state index contributed by atoms with van der Waals surface area (Å²) in [6, 6.07) is 0.854. The summed E-state index contributed by atoms with van der Waals surface area (Å²) in [6.07, 6.45) is 6.55. The number of rotatable bonds is 3. The highest BCUT2D eigenvalue weighted by molar-refractivity contribution is 6.04. The van der Waals surface area contributed by atoms with Crippen LogP contribution in [0.15, 0.2) is 28.5 Å². The Balaban J connectivity index is 2.06. The van der Waals surface area contributed by atoms with E-state index in [1.165, 1.54) is 24.1 Å². The van der Waals surface area contributed by atoms with Crippen molar-refractivity contribution in [1.29, 1.82) is 0 Å². The second-order valence-electron chi connectivity index (χ2n) is 5.28. The first-order valence-corrected chi connectivity index (χ1v) is 6.86. The molecule has 3 N–H and O–H groups in total. The normalized spacial score (nSPS) is 28.7. The maximum Gasteiger partial charge on any atom is 0.134 e. The van der Waals surface area contributed by atoms with Crippen LogP contribution in [0.25, 0.3) is 0 Å². The molecule has 0 aliphatic carbocycles. The zero-order chi connectivity index (χ0) is 13.0. The minimum atomic E-state index is 0.312. The second kappa shape index (κ2) is 6.05. The van der Waals surface area contributed by atoms with Crippen molar-refractivity contribution in [3.8, 4) is 0 Å². The summed E-state index contributed by atoms with van der Waals surface area (Å²) in [7, 11) is 0. The third kappa shape index (κ3) is 3.35. The standard InChI is InChI=1S/C14H24N4/c1-10(2)17-14-13(6-8-16-14)11(3)18-12-5-4-7-15-9-12/h6,8,10,12,15,18H,4-5,7,9H2,1-3H3,(H,16,17)/b13-11+/t12-/m1/s1. The van der Waals surface area contributed by atoms with Crippen LogP contribution in [0.4, 0.5) is 0 Å². The summed E-state index contributed by atoms with van der Waals surface area (Å²) in [5.41, 5.74) is 2.40. The van der Waals surface area contributed by atoms with Crippen LogP contribution in [0.5, 0.6) is 0 Å². The van der Waals surface area contributed by atoms with Gasteiger partial charge in [0, 0.05) is 36.1 Å². The summed E-state index contributed by atoms with van der Waals surface area (Å²) < 4.78 is 0. The Labute approximate surface area is 110 Å². The molecular weight excluding hydrogens is 224 g/mol. The molecule has 0 spiro atoms. The molecule has 2 aliphatic rings. The van der Waals surface area contributed by atoms with Crippen molar-refractivity contribution in [3.05, 3.63) is 23.5 Å². The zero-order valence-corrected chi connectivity index (χ0v) is 11.6. The number of nitrogens with zero attached hydrogens (tertiary/aromatic N) is 1. The molecule has 0 aromatic heterocycles. The second-order valence-corrected chi connectivity index (χ2v) is 5.28. The van der Waals surface area contributed by atoms with E-state index in [9.17, 15) is 0 Å². The molecule has 18 heavy (non-hydrogen) atoms. The number of hydrogen-bond donors (Lipinski definition) is 3. The van der Waals surface area contributed by atoms with E-state index in [1.807, 2.05) is 6.20 Å². The van der Waals surface area contributed by atoms with E-state index in [4.69, 9.17) is 0 Å². The third-order valence-electron chi connectivity index (χ3n) is 3.23. The molecule has 0 aromatic carbocycles. The molecule has 2 heterocycles. The molecule has 0 unspecified atom stereocenters. The summed E-state index contributed by atoms with van der Waals surface area (Å²) in [4.78, 5) is 4.60. The van der Waals surface area contributed by atoms with Gasteiger partial charge in [0.25, 0.3) is 0 Å². The molecule has 1 fully saturated rings. The largest absolute Gasteiger partial charge is 0.384 e. The smallest absolute Gasteiger partial charge is 0.134 e. The summed E-state index contributed by atoms with van der Waals surface area (Å²) in [5, 5.41) is 10.2. The fourth-order valence-corrected chi connectivity index (χ4v) is 2.39. The first-order chi connectivity index (χ1) is 8.66. The first kappa shape index (κ1) is 13.1. The van der Waals surface area contributed by atoms with Gasteiger partial charge in [0.2, 0.25) is 0 Å². The number of hydrogen-bond acceptors (Lipinski definition) is 3. The molecule has 2 aliphatic heterocycles. The molecule has 0 aromatic rings. The van der Waals surface area contributed by atoms with E-state index in [0.29, 0.717) is 12.1 Å². The summed E-state index contributed by atoms with van der Waals surface area (Å²) >= 11 is 0. The Hall–Kier alpha value is -1.29. The fourth-order valence-electron chi connectivity index (χ4n) is 2.39. The van der Waals surface area contributed by atoms with Gasteiger partial charge in [0.05, 0.1) is 0 Å². The highest BCUT2D eigenvalue weighted by Gasteiger charge is 2.17. The Bertz CT molecular complexity index is 373. The summed E-state index contributed by atoms with van der Waals surface area (Å²) in [5.74, 6) is 0.985. The van der Waals surface area contributed by atoms with Crippen molar-refractivity contribution in [1.82, 2.24) is 16.0 Å². The Morgan fingerprint density at radius 1 is 1.50 bits per heavy atom. The molecule has 0 amide bonds. The zero-order valence-electron chi connectivity index (χ0n) is 11.6. The maximum atomic E-state index is 4.60. The van der Waals surface area contributed by atoms with Gasteiger partial charge in [-0.25, -0.2) is 0 Å². The highest BCUT2D eigenvalue weighted by atomic mass is 15.0. The van der Waals surface area contributed by atoms with Gasteiger partial charge in [-0.15, -0.1) is 0 Å². The average molecular weight is 248 g/mol. The van der Waals surface area contributed by atoms with Gasteiger partial charge >= 0.3 is 0 Å². The van der Waals surface area contributed by atoms with Gasteiger partial charge in [0.1, 0.15) is 5.84 Å². The average Bonchev–Trinajstić information content (AvgIpc) is 2.77. The maximum absolute atomic E-state index is 4.60. The van der Waals surface area contributed by atoms with Crippen molar-refractivity contribution < 1.29 is 0 Å². The van der Waals surface area contributed by atoms with E-state index in [2.05, 4.69) is 47.8 Å². The number of allylic oxidation sites excluding steroid dienone is 1. The van der Waals surface area contributed by atoms with E-state index in [0.717, 1.165) is 18.9 Å². The van der Waals surface area contributed by atoms with Gasteiger partial charge in [-0.2, -0.15) is 0 Å². The predicted molar refractivity (Wildman–Crippen MR) is 76.6 cm³/mol. The van der Waals surface area contributed by atoms with Crippen LogP contribution in [-0.2, 0) is 0 Å². The van der Waals surface area contributed by atoms with Crippen molar-refractivity contribution >= 4 is 5.84 Å². The molecular formula is C14H24N4. The van der Waals surface area contributed by atoms with E-state index < -0.39 is 0 Å². The lowest BCUT2D eigenvalue weighted by atomic mass is 10.1. The van der Waals surface area contributed by atoms with Crippen LogP contribution < -0.4 is 16.0 Å². The number of amidine groups is 1. The van der Waals surface area contributed by atoms with Crippen LogP contribution in [0, 0.1) is 0 Å². The van der Waals surface area contributed by atoms with Crippen molar-refractivity contribution in [3.63, 3.8) is 0 Å². The fraction of sp³-hybridized carbons (Fsp3) is 0.643. The van der Waals surface area contributed by atoms with Gasteiger partial charge < -0.3 is 16.0 Å². The molecule has 100 valence electrons. The molecule has 0 saturated carbocycles. The van der Waals surface area contributed by atoms with Crippen LogP contribution in [0.2, 0.25) is 0 Å². The van der Waals surface area contributed by atoms with Crippen LogP contribution >= 0.6 is 0 Å². The predicted octanol–water partition coefficient (Wildman–Crippen LogP) is 1.53. The van der Waals surface area contributed by atoms with Gasteiger partial charge in [-0.05, 0) is 46.2 Å². The first-order valence-electron chi connectivity index (χ1n) is 6.86. The Kier molecular flexibility index (Phi) is 4.42. The molecule has 4 nitrogen and oxygen atoms in total. The number of nitrogens with one attached hydrogen (secondary N) is 3. The van der Waals surface area contributed by atoms with Gasteiger partial charge in [-0.3, -0.25) is 4.99 Å². The number of piperidine rings is 1.